The number of aromatic nitrogens is 2. The van der Waals surface area contributed by atoms with Crippen molar-refractivity contribution in [3.63, 3.8) is 0 Å². The predicted octanol–water partition coefficient (Wildman–Crippen LogP) is 1.50. The molecule has 0 radical (unpaired) electrons. The van der Waals surface area contributed by atoms with Gasteiger partial charge in [0.2, 0.25) is 11.7 Å². The van der Waals surface area contributed by atoms with Gasteiger partial charge in [-0.15, -0.1) is 0 Å². The average molecular weight is 423 g/mol. The van der Waals surface area contributed by atoms with Gasteiger partial charge in [-0.2, -0.15) is 0 Å². The minimum atomic E-state index is -0.866. The summed E-state index contributed by atoms with van der Waals surface area (Å²) >= 11 is 6.29. The number of carbonyl (C=O) groups is 2. The number of nitrogens with zero attached hydrogens (tertiary/aromatic N) is 2. The molecule has 0 fully saturated rings. The van der Waals surface area contributed by atoms with E-state index in [4.69, 9.17) is 26.9 Å². The van der Waals surface area contributed by atoms with Gasteiger partial charge in [-0.25, -0.2) is 15.6 Å². The number of nitrogens with two attached hydrogens (primary N) is 1. The van der Waals surface area contributed by atoms with E-state index in [1.807, 2.05) is 0 Å². The molecular weight excluding hydrogens is 400 g/mol. The predicted molar refractivity (Wildman–Crippen MR) is 107 cm³/mol. The molecule has 0 saturated heterocycles. The Kier molecular flexibility index (Phi) is 7.35. The van der Waals surface area contributed by atoms with Crippen LogP contribution in [0.2, 0.25) is 5.02 Å². The lowest BCUT2D eigenvalue weighted by molar-refractivity contribution is -0.123. The fourth-order valence-corrected chi connectivity index (χ4v) is 3.38. The molecule has 9 nitrogen and oxygen atoms in total. The molecule has 10 heteroatoms. The lowest BCUT2D eigenvalue weighted by Crippen LogP contribution is -2.38. The molecule has 1 amide bonds. The highest BCUT2D eigenvalue weighted by atomic mass is 35.5. The Morgan fingerprint density at radius 1 is 1.34 bits per heavy atom. The maximum atomic E-state index is 12.8. The van der Waals surface area contributed by atoms with E-state index < -0.39 is 29.3 Å². The first-order valence-corrected chi connectivity index (χ1v) is 9.23. The van der Waals surface area contributed by atoms with Crippen LogP contribution in [0.1, 0.15) is 47.6 Å². The zero-order chi connectivity index (χ0) is 21.7. The third kappa shape index (κ3) is 4.41. The molecule has 2 aromatic rings. The highest BCUT2D eigenvalue weighted by molar-refractivity contribution is 6.31. The maximum Gasteiger partial charge on any atom is 0.361 e. The third-order valence-electron chi connectivity index (χ3n) is 4.53. The van der Waals surface area contributed by atoms with E-state index in [0.717, 1.165) is 0 Å². The number of ether oxygens (including phenoxy) is 2. The van der Waals surface area contributed by atoms with Crippen LogP contribution in [0, 0.1) is 0 Å². The molecule has 0 bridgehead atoms. The summed E-state index contributed by atoms with van der Waals surface area (Å²) in [4.78, 5) is 42.0. The number of rotatable bonds is 7. The summed E-state index contributed by atoms with van der Waals surface area (Å²) in [6.07, 6.45) is 0. The summed E-state index contributed by atoms with van der Waals surface area (Å²) in [5.41, 5.74) is 1.79. The van der Waals surface area contributed by atoms with Gasteiger partial charge in [0.25, 0.3) is 5.56 Å². The molecule has 0 saturated carbocycles. The van der Waals surface area contributed by atoms with Gasteiger partial charge in [0.15, 0.2) is 5.69 Å². The lowest BCUT2D eigenvalue weighted by Gasteiger charge is -2.25. The lowest BCUT2D eigenvalue weighted by atomic mass is 9.85. The average Bonchev–Trinajstić information content (AvgIpc) is 2.71. The zero-order valence-electron chi connectivity index (χ0n) is 16.6. The molecule has 3 N–H and O–H groups in total. The summed E-state index contributed by atoms with van der Waals surface area (Å²) in [7, 11) is 2.74. The molecule has 0 spiro atoms. The van der Waals surface area contributed by atoms with Crippen molar-refractivity contribution in [2.75, 3.05) is 13.7 Å². The van der Waals surface area contributed by atoms with Crippen molar-refractivity contribution in [3.8, 4) is 5.75 Å². The normalized spacial score (nSPS) is 12.8. The van der Waals surface area contributed by atoms with E-state index in [9.17, 15) is 14.4 Å². The summed E-state index contributed by atoms with van der Waals surface area (Å²) in [5.74, 6) is 2.46. The van der Waals surface area contributed by atoms with Gasteiger partial charge in [-0.05, 0) is 18.6 Å². The Balaban J connectivity index is 2.70. The Morgan fingerprint density at radius 3 is 2.55 bits per heavy atom. The number of esters is 1. The monoisotopic (exact) mass is 422 g/mol. The van der Waals surface area contributed by atoms with Crippen molar-refractivity contribution in [2.24, 2.45) is 12.9 Å². The van der Waals surface area contributed by atoms with Gasteiger partial charge in [-0.3, -0.25) is 19.6 Å². The number of amides is 1. The van der Waals surface area contributed by atoms with Crippen molar-refractivity contribution in [3.05, 3.63) is 56.7 Å². The number of halogens is 1. The highest BCUT2D eigenvalue weighted by Gasteiger charge is 2.33. The molecule has 156 valence electrons. The molecule has 29 heavy (non-hydrogen) atoms. The van der Waals surface area contributed by atoms with Gasteiger partial charge in [0.1, 0.15) is 5.82 Å². The quantitative estimate of drug-likeness (QED) is 0.299. The van der Waals surface area contributed by atoms with Gasteiger partial charge in [-0.1, -0.05) is 36.7 Å². The van der Waals surface area contributed by atoms with Crippen molar-refractivity contribution in [1.82, 2.24) is 15.0 Å². The van der Waals surface area contributed by atoms with E-state index in [1.54, 1.807) is 38.1 Å². The summed E-state index contributed by atoms with van der Waals surface area (Å²) in [6, 6.07) is 6.79. The summed E-state index contributed by atoms with van der Waals surface area (Å²) in [5, 5.41) is 0.358. The van der Waals surface area contributed by atoms with Crippen LogP contribution in [-0.2, 0) is 16.6 Å². The first-order chi connectivity index (χ1) is 13.8. The number of hydrogen-bond donors (Lipinski definition) is 2. The van der Waals surface area contributed by atoms with Crippen molar-refractivity contribution < 1.29 is 19.1 Å². The van der Waals surface area contributed by atoms with Crippen molar-refractivity contribution in [2.45, 2.75) is 25.7 Å². The molecule has 1 aromatic heterocycles. The minimum Gasteiger partial charge on any atom is -0.489 e. The second kappa shape index (κ2) is 9.53. The van der Waals surface area contributed by atoms with Gasteiger partial charge >= 0.3 is 5.97 Å². The van der Waals surface area contributed by atoms with Crippen LogP contribution in [0.25, 0.3) is 0 Å². The van der Waals surface area contributed by atoms with Crippen LogP contribution in [-0.4, -0.2) is 35.1 Å². The Hall–Kier alpha value is -2.91. The number of methoxy groups -OCH3 is 1. The fraction of sp³-hybridized carbons (Fsp3) is 0.368. The first kappa shape index (κ1) is 22.4. The van der Waals surface area contributed by atoms with E-state index in [-0.39, 0.29) is 23.9 Å². The highest BCUT2D eigenvalue weighted by Crippen LogP contribution is 2.35. The molecule has 0 aliphatic rings. The van der Waals surface area contributed by atoms with Crippen LogP contribution in [0.5, 0.6) is 5.75 Å². The zero-order valence-corrected chi connectivity index (χ0v) is 17.3. The second-order valence-electron chi connectivity index (χ2n) is 6.23. The smallest absolute Gasteiger partial charge is 0.361 e. The molecule has 2 unspecified atom stereocenters. The van der Waals surface area contributed by atoms with Crippen LogP contribution in [0.4, 0.5) is 0 Å². The standard InChI is InChI=1S/C19H23ClN4O5/c1-5-29-19(27)14-15(28-4)18(26)24(3)16(22-14)10(2)13(17(25)23-21)11-8-6-7-9-12(11)20/h6-10,13H,5,21H2,1-4H3,(H,23,25). The van der Waals surface area contributed by atoms with Crippen LogP contribution >= 0.6 is 11.6 Å². The molecule has 1 heterocycles. The number of hydrazine groups is 1. The van der Waals surface area contributed by atoms with E-state index in [2.05, 4.69) is 10.4 Å². The Morgan fingerprint density at radius 2 is 2.00 bits per heavy atom. The second-order valence-corrected chi connectivity index (χ2v) is 6.64. The number of carbonyl (C=O) groups excluding carboxylic acids is 2. The SMILES string of the molecule is CCOC(=O)c1nc(C(C)C(C(=O)NN)c2ccccc2Cl)n(C)c(=O)c1OC. The van der Waals surface area contributed by atoms with Crippen molar-refractivity contribution >= 4 is 23.5 Å². The molecule has 1 aromatic carbocycles. The molecule has 0 aliphatic carbocycles. The van der Waals surface area contributed by atoms with Crippen LogP contribution in [0.3, 0.4) is 0 Å². The summed E-state index contributed by atoms with van der Waals surface area (Å²) in [6.45, 7) is 3.42. The fourth-order valence-electron chi connectivity index (χ4n) is 3.13. The minimum absolute atomic E-state index is 0.0988. The topological polar surface area (TPSA) is 126 Å². The van der Waals surface area contributed by atoms with E-state index in [0.29, 0.717) is 10.6 Å². The van der Waals surface area contributed by atoms with Gasteiger partial charge < -0.3 is 9.47 Å². The first-order valence-electron chi connectivity index (χ1n) is 8.85. The number of benzene rings is 1. The number of nitrogens with one attached hydrogen (secondary N) is 1. The van der Waals surface area contributed by atoms with Crippen LogP contribution in [0.15, 0.2) is 29.1 Å². The molecular formula is C19H23ClN4O5. The largest absolute Gasteiger partial charge is 0.489 e. The molecule has 2 atom stereocenters. The summed E-state index contributed by atoms with van der Waals surface area (Å²) < 4.78 is 11.3. The number of hydrogen-bond acceptors (Lipinski definition) is 7. The Labute approximate surface area is 172 Å². The Bertz CT molecular complexity index is 976. The maximum absolute atomic E-state index is 12.8. The van der Waals surface area contributed by atoms with Crippen LogP contribution < -0.4 is 21.6 Å². The van der Waals surface area contributed by atoms with E-state index >= 15 is 0 Å². The molecule has 0 aliphatic heterocycles. The van der Waals surface area contributed by atoms with Gasteiger partial charge in [0, 0.05) is 18.0 Å². The van der Waals surface area contributed by atoms with E-state index in [1.165, 1.54) is 18.7 Å². The van der Waals surface area contributed by atoms with Crippen molar-refractivity contribution in [1.29, 1.82) is 0 Å². The molecule has 2 rings (SSSR count). The van der Waals surface area contributed by atoms with Gasteiger partial charge in [0.05, 0.1) is 19.6 Å². The third-order valence-corrected chi connectivity index (χ3v) is 4.87.